The second kappa shape index (κ2) is 2.49. The van der Waals surface area contributed by atoms with Crippen LogP contribution < -0.4 is 0 Å². The Balaban J connectivity index is 2.93. The third kappa shape index (κ3) is 0.916. The summed E-state index contributed by atoms with van der Waals surface area (Å²) >= 11 is 1.69. The molecule has 0 saturated carbocycles. The summed E-state index contributed by atoms with van der Waals surface area (Å²) in [6.07, 6.45) is 0. The number of benzene rings is 1. The minimum atomic E-state index is 0.393. The van der Waals surface area contributed by atoms with E-state index in [9.17, 15) is 5.11 Å². The van der Waals surface area contributed by atoms with Gasteiger partial charge in [-0.15, -0.1) is 11.3 Å². The molecule has 12 heavy (non-hydrogen) atoms. The van der Waals surface area contributed by atoms with Crippen LogP contribution in [0.15, 0.2) is 17.5 Å². The first-order valence-electron chi connectivity index (χ1n) is 3.86. The summed E-state index contributed by atoms with van der Waals surface area (Å²) in [6, 6.07) is 3.74. The molecular formula is C10H10OS. The maximum atomic E-state index is 9.43. The average Bonchev–Trinajstić information content (AvgIpc) is 2.41. The van der Waals surface area contributed by atoms with Crippen LogP contribution in [0.5, 0.6) is 5.75 Å². The van der Waals surface area contributed by atoms with Gasteiger partial charge in [0.25, 0.3) is 0 Å². The summed E-state index contributed by atoms with van der Waals surface area (Å²) in [4.78, 5) is 0. The van der Waals surface area contributed by atoms with E-state index in [-0.39, 0.29) is 0 Å². The van der Waals surface area contributed by atoms with Gasteiger partial charge in [0.2, 0.25) is 0 Å². The fourth-order valence-corrected chi connectivity index (χ4v) is 2.41. The monoisotopic (exact) mass is 178 g/mol. The van der Waals surface area contributed by atoms with Crippen molar-refractivity contribution in [3.05, 3.63) is 28.6 Å². The van der Waals surface area contributed by atoms with Gasteiger partial charge in [0.15, 0.2) is 0 Å². The third-order valence-corrected chi connectivity index (χ3v) is 3.39. The van der Waals surface area contributed by atoms with Crippen molar-refractivity contribution in [2.75, 3.05) is 0 Å². The molecular weight excluding hydrogens is 168 g/mol. The number of fused-ring (bicyclic) bond motifs is 1. The maximum absolute atomic E-state index is 9.43. The van der Waals surface area contributed by atoms with Gasteiger partial charge in [0.05, 0.1) is 0 Å². The van der Waals surface area contributed by atoms with E-state index < -0.39 is 0 Å². The fourth-order valence-electron chi connectivity index (χ4n) is 1.35. The van der Waals surface area contributed by atoms with E-state index in [0.29, 0.717) is 5.75 Å². The number of phenols is 1. The van der Waals surface area contributed by atoms with Crippen LogP contribution in [0.4, 0.5) is 0 Å². The number of hydrogen-bond acceptors (Lipinski definition) is 2. The quantitative estimate of drug-likeness (QED) is 0.656. The Morgan fingerprint density at radius 3 is 2.75 bits per heavy atom. The predicted octanol–water partition coefficient (Wildman–Crippen LogP) is 3.22. The first-order valence-corrected chi connectivity index (χ1v) is 4.74. The zero-order valence-electron chi connectivity index (χ0n) is 7.09. The van der Waals surface area contributed by atoms with E-state index in [2.05, 4.69) is 12.3 Å². The molecule has 0 aliphatic rings. The van der Waals surface area contributed by atoms with E-state index in [4.69, 9.17) is 0 Å². The van der Waals surface area contributed by atoms with Crippen molar-refractivity contribution in [3.63, 3.8) is 0 Å². The minimum absolute atomic E-state index is 0.393. The van der Waals surface area contributed by atoms with Gasteiger partial charge in [-0.1, -0.05) is 0 Å². The van der Waals surface area contributed by atoms with E-state index in [1.54, 1.807) is 17.4 Å². The summed E-state index contributed by atoms with van der Waals surface area (Å²) in [6.45, 7) is 4.04. The zero-order valence-corrected chi connectivity index (χ0v) is 7.90. The van der Waals surface area contributed by atoms with Crippen molar-refractivity contribution in [2.45, 2.75) is 13.8 Å². The van der Waals surface area contributed by atoms with Crippen LogP contribution in [0.2, 0.25) is 0 Å². The lowest BCUT2D eigenvalue weighted by Gasteiger charge is -1.99. The Hall–Kier alpha value is -1.02. The highest BCUT2D eigenvalue weighted by Gasteiger charge is 2.05. The van der Waals surface area contributed by atoms with Crippen LogP contribution in [0, 0.1) is 13.8 Å². The van der Waals surface area contributed by atoms with Gasteiger partial charge >= 0.3 is 0 Å². The fraction of sp³-hybridized carbons (Fsp3) is 0.200. The molecule has 0 amide bonds. The van der Waals surface area contributed by atoms with Crippen LogP contribution >= 0.6 is 11.3 Å². The highest BCUT2D eigenvalue weighted by Crippen LogP contribution is 2.32. The Morgan fingerprint density at radius 1 is 1.25 bits per heavy atom. The van der Waals surface area contributed by atoms with Gasteiger partial charge in [-0.25, -0.2) is 0 Å². The summed E-state index contributed by atoms with van der Waals surface area (Å²) < 4.78 is 1.20. The summed E-state index contributed by atoms with van der Waals surface area (Å²) in [7, 11) is 0. The van der Waals surface area contributed by atoms with Crippen LogP contribution in [-0.2, 0) is 0 Å². The normalized spacial score (nSPS) is 10.8. The number of thiophene rings is 1. The van der Waals surface area contributed by atoms with Crippen molar-refractivity contribution in [1.82, 2.24) is 0 Å². The molecule has 2 aromatic rings. The topological polar surface area (TPSA) is 20.2 Å². The van der Waals surface area contributed by atoms with E-state index in [0.717, 1.165) is 5.56 Å². The number of aryl methyl sites for hydroxylation is 2. The molecule has 0 radical (unpaired) electrons. The molecule has 0 saturated heterocycles. The number of rotatable bonds is 0. The zero-order chi connectivity index (χ0) is 8.72. The van der Waals surface area contributed by atoms with Crippen molar-refractivity contribution >= 4 is 21.4 Å². The Morgan fingerprint density at radius 2 is 2.00 bits per heavy atom. The van der Waals surface area contributed by atoms with Crippen molar-refractivity contribution in [2.24, 2.45) is 0 Å². The highest BCUT2D eigenvalue weighted by molar-refractivity contribution is 7.17. The minimum Gasteiger partial charge on any atom is -0.508 e. The van der Waals surface area contributed by atoms with Crippen LogP contribution in [0.1, 0.15) is 11.1 Å². The summed E-state index contributed by atoms with van der Waals surface area (Å²) in [5.74, 6) is 0.393. The standard InChI is InChI=1S/C10H10OS/c1-6-5-12-10-7(2)9(11)4-3-8(6)10/h3-5,11H,1-2H3. The SMILES string of the molecule is Cc1csc2c(C)c(O)ccc12. The molecule has 1 nitrogen and oxygen atoms in total. The molecule has 0 unspecified atom stereocenters. The first kappa shape index (κ1) is 7.62. The van der Waals surface area contributed by atoms with Gasteiger partial charge in [0, 0.05) is 10.3 Å². The molecule has 0 fully saturated rings. The molecule has 0 aliphatic heterocycles. The molecule has 1 aromatic carbocycles. The first-order chi connectivity index (χ1) is 5.70. The second-order valence-corrected chi connectivity index (χ2v) is 3.88. The molecule has 2 heteroatoms. The lowest BCUT2D eigenvalue weighted by atomic mass is 10.1. The van der Waals surface area contributed by atoms with Gasteiger partial charge in [-0.05, 0) is 42.3 Å². The highest BCUT2D eigenvalue weighted by atomic mass is 32.1. The lowest BCUT2D eigenvalue weighted by Crippen LogP contribution is -1.74. The number of aromatic hydroxyl groups is 1. The molecule has 0 aliphatic carbocycles. The van der Waals surface area contributed by atoms with Crippen LogP contribution in [0.3, 0.4) is 0 Å². The lowest BCUT2D eigenvalue weighted by molar-refractivity contribution is 0.472. The third-order valence-electron chi connectivity index (χ3n) is 2.16. The second-order valence-electron chi connectivity index (χ2n) is 3.01. The Labute approximate surface area is 75.3 Å². The smallest absolute Gasteiger partial charge is 0.119 e. The summed E-state index contributed by atoms with van der Waals surface area (Å²) in [5.41, 5.74) is 2.28. The van der Waals surface area contributed by atoms with E-state index in [1.165, 1.54) is 15.6 Å². The molecule has 0 spiro atoms. The molecule has 62 valence electrons. The van der Waals surface area contributed by atoms with Crippen LogP contribution in [-0.4, -0.2) is 5.11 Å². The number of hydrogen-bond donors (Lipinski definition) is 1. The molecule has 0 atom stereocenters. The van der Waals surface area contributed by atoms with Gasteiger partial charge < -0.3 is 5.11 Å². The maximum Gasteiger partial charge on any atom is 0.119 e. The van der Waals surface area contributed by atoms with Crippen molar-refractivity contribution in [3.8, 4) is 5.75 Å². The van der Waals surface area contributed by atoms with Crippen molar-refractivity contribution < 1.29 is 5.11 Å². The Kier molecular flexibility index (Phi) is 1.58. The van der Waals surface area contributed by atoms with Crippen LogP contribution in [0.25, 0.3) is 10.1 Å². The van der Waals surface area contributed by atoms with Gasteiger partial charge in [0.1, 0.15) is 5.75 Å². The predicted molar refractivity (Wildman–Crippen MR) is 53.0 cm³/mol. The molecule has 2 rings (SSSR count). The molecule has 1 aromatic heterocycles. The van der Waals surface area contributed by atoms with E-state index >= 15 is 0 Å². The Bertz CT molecular complexity index is 429. The molecule has 1 heterocycles. The number of phenolic OH excluding ortho intramolecular Hbond substituents is 1. The van der Waals surface area contributed by atoms with Gasteiger partial charge in [-0.2, -0.15) is 0 Å². The van der Waals surface area contributed by atoms with E-state index in [1.807, 2.05) is 13.0 Å². The largest absolute Gasteiger partial charge is 0.508 e. The van der Waals surface area contributed by atoms with Gasteiger partial charge in [-0.3, -0.25) is 0 Å². The molecule has 1 N–H and O–H groups in total. The average molecular weight is 178 g/mol. The summed E-state index contributed by atoms with van der Waals surface area (Å²) in [5, 5.41) is 12.8. The molecule has 0 bridgehead atoms. The van der Waals surface area contributed by atoms with Crippen molar-refractivity contribution in [1.29, 1.82) is 0 Å².